The predicted octanol–water partition coefficient (Wildman–Crippen LogP) is 0.957. The molecule has 2 aromatic rings. The molecule has 0 spiro atoms. The molecule has 0 saturated heterocycles. The summed E-state index contributed by atoms with van der Waals surface area (Å²) in [7, 11) is 1.47. The number of rotatable bonds is 7. The summed E-state index contributed by atoms with van der Waals surface area (Å²) in [5.41, 5.74) is 9.07. The third-order valence-corrected chi connectivity index (χ3v) is 3.45. The molecule has 4 N–H and O–H groups in total. The fourth-order valence-electron chi connectivity index (χ4n) is 2.12. The van der Waals surface area contributed by atoms with Crippen LogP contribution in [0.1, 0.15) is 11.1 Å². The van der Waals surface area contributed by atoms with Crippen LogP contribution < -0.4 is 25.9 Å². The number of carbonyl (C=O) groups is 3. The first-order valence-corrected chi connectivity index (χ1v) is 8.19. The maximum absolute atomic E-state index is 12.0. The van der Waals surface area contributed by atoms with Gasteiger partial charge in [-0.3, -0.25) is 14.4 Å². The Hall–Kier alpha value is -3.88. The van der Waals surface area contributed by atoms with Crippen LogP contribution in [0, 0.1) is 6.92 Å². The maximum Gasteiger partial charge on any atom is 0.329 e. The van der Waals surface area contributed by atoms with E-state index in [-0.39, 0.29) is 6.61 Å². The Morgan fingerprint density at radius 2 is 1.82 bits per heavy atom. The number of primary amides is 1. The Morgan fingerprint density at radius 3 is 2.46 bits per heavy atom. The van der Waals surface area contributed by atoms with Gasteiger partial charge in [-0.15, -0.1) is 0 Å². The zero-order valence-corrected chi connectivity index (χ0v) is 15.4. The van der Waals surface area contributed by atoms with Gasteiger partial charge < -0.3 is 20.5 Å². The largest absolute Gasteiger partial charge is 0.495 e. The number of amides is 3. The SMILES string of the molecule is COc1ccc(C)cc1NC(=O)C(=O)N/N=C\c1ccc(OCC(N)=O)cc1. The van der Waals surface area contributed by atoms with E-state index in [9.17, 15) is 14.4 Å². The minimum Gasteiger partial charge on any atom is -0.495 e. The number of nitrogens with zero attached hydrogens (tertiary/aromatic N) is 1. The Morgan fingerprint density at radius 1 is 1.11 bits per heavy atom. The molecule has 28 heavy (non-hydrogen) atoms. The third kappa shape index (κ3) is 6.13. The van der Waals surface area contributed by atoms with Crippen LogP contribution in [-0.2, 0) is 14.4 Å². The number of hydrazone groups is 1. The monoisotopic (exact) mass is 384 g/mol. The quantitative estimate of drug-likeness (QED) is 0.372. The summed E-state index contributed by atoms with van der Waals surface area (Å²) in [6.45, 7) is 1.63. The molecule has 0 aliphatic rings. The normalized spacial score (nSPS) is 10.4. The predicted molar refractivity (Wildman–Crippen MR) is 103 cm³/mol. The topological polar surface area (TPSA) is 132 Å². The summed E-state index contributed by atoms with van der Waals surface area (Å²) in [6.07, 6.45) is 1.36. The highest BCUT2D eigenvalue weighted by molar-refractivity contribution is 6.39. The molecule has 3 amide bonds. The van der Waals surface area contributed by atoms with Gasteiger partial charge in [0.1, 0.15) is 11.5 Å². The fourth-order valence-corrected chi connectivity index (χ4v) is 2.12. The number of ether oxygens (including phenoxy) is 2. The molecule has 0 aliphatic carbocycles. The van der Waals surface area contributed by atoms with Crippen molar-refractivity contribution in [3.05, 3.63) is 53.6 Å². The van der Waals surface area contributed by atoms with Crippen LogP contribution in [0.15, 0.2) is 47.6 Å². The lowest BCUT2D eigenvalue weighted by atomic mass is 10.2. The molecule has 0 bridgehead atoms. The van der Waals surface area contributed by atoms with Gasteiger partial charge in [-0.05, 0) is 54.4 Å². The number of benzene rings is 2. The lowest BCUT2D eigenvalue weighted by Gasteiger charge is -2.10. The van der Waals surface area contributed by atoms with Gasteiger partial charge in [0.15, 0.2) is 6.61 Å². The summed E-state index contributed by atoms with van der Waals surface area (Å²) in [5.74, 6) is -1.48. The zero-order chi connectivity index (χ0) is 20.5. The molecule has 0 aromatic heterocycles. The van der Waals surface area contributed by atoms with Crippen molar-refractivity contribution < 1.29 is 23.9 Å². The van der Waals surface area contributed by atoms with Crippen molar-refractivity contribution in [2.45, 2.75) is 6.92 Å². The average molecular weight is 384 g/mol. The van der Waals surface area contributed by atoms with Crippen LogP contribution in [0.5, 0.6) is 11.5 Å². The van der Waals surface area contributed by atoms with Crippen molar-refractivity contribution in [3.63, 3.8) is 0 Å². The second-order valence-electron chi connectivity index (χ2n) is 5.68. The minimum atomic E-state index is -0.929. The first kappa shape index (κ1) is 20.4. The number of methoxy groups -OCH3 is 1. The lowest BCUT2D eigenvalue weighted by molar-refractivity contribution is -0.136. The summed E-state index contributed by atoms with van der Waals surface area (Å²) < 4.78 is 10.3. The smallest absolute Gasteiger partial charge is 0.329 e. The van der Waals surface area contributed by atoms with Gasteiger partial charge in [-0.1, -0.05) is 6.07 Å². The van der Waals surface area contributed by atoms with Crippen molar-refractivity contribution in [1.29, 1.82) is 0 Å². The summed E-state index contributed by atoms with van der Waals surface area (Å²) in [6, 6.07) is 11.7. The van der Waals surface area contributed by atoms with E-state index in [1.165, 1.54) is 13.3 Å². The van der Waals surface area contributed by atoms with E-state index in [0.29, 0.717) is 22.7 Å². The zero-order valence-electron chi connectivity index (χ0n) is 15.4. The van der Waals surface area contributed by atoms with E-state index in [0.717, 1.165) is 5.56 Å². The Balaban J connectivity index is 1.90. The van der Waals surface area contributed by atoms with Crippen LogP contribution in [-0.4, -0.2) is 37.7 Å². The van der Waals surface area contributed by atoms with Crippen molar-refractivity contribution in [2.75, 3.05) is 19.0 Å². The summed E-state index contributed by atoms with van der Waals surface area (Å²) >= 11 is 0. The van der Waals surface area contributed by atoms with Crippen LogP contribution >= 0.6 is 0 Å². The molecule has 0 heterocycles. The minimum absolute atomic E-state index is 0.218. The van der Waals surface area contributed by atoms with Crippen LogP contribution in [0.25, 0.3) is 0 Å². The molecule has 0 fully saturated rings. The molecule has 0 aliphatic heterocycles. The molecule has 0 unspecified atom stereocenters. The van der Waals surface area contributed by atoms with Crippen molar-refractivity contribution in [2.24, 2.45) is 10.8 Å². The first-order chi connectivity index (χ1) is 13.4. The number of carbonyl (C=O) groups excluding carboxylic acids is 3. The van der Waals surface area contributed by atoms with Gasteiger partial charge in [0.2, 0.25) is 0 Å². The van der Waals surface area contributed by atoms with Crippen molar-refractivity contribution in [3.8, 4) is 11.5 Å². The number of nitrogens with two attached hydrogens (primary N) is 1. The van der Waals surface area contributed by atoms with Gasteiger partial charge >= 0.3 is 11.8 Å². The summed E-state index contributed by atoms with van der Waals surface area (Å²) in [5, 5.41) is 6.21. The maximum atomic E-state index is 12.0. The molecular weight excluding hydrogens is 364 g/mol. The molecule has 146 valence electrons. The first-order valence-electron chi connectivity index (χ1n) is 8.19. The van der Waals surface area contributed by atoms with E-state index in [4.69, 9.17) is 15.2 Å². The van der Waals surface area contributed by atoms with Crippen LogP contribution in [0.3, 0.4) is 0 Å². The van der Waals surface area contributed by atoms with E-state index in [1.54, 1.807) is 36.4 Å². The van der Waals surface area contributed by atoms with Crippen LogP contribution in [0.4, 0.5) is 5.69 Å². The van der Waals surface area contributed by atoms with E-state index < -0.39 is 17.7 Å². The molecular formula is C19H20N4O5. The van der Waals surface area contributed by atoms with Gasteiger partial charge in [0.05, 0.1) is 19.0 Å². The highest BCUT2D eigenvalue weighted by atomic mass is 16.5. The van der Waals surface area contributed by atoms with E-state index >= 15 is 0 Å². The molecule has 2 rings (SSSR count). The van der Waals surface area contributed by atoms with E-state index in [2.05, 4.69) is 15.8 Å². The Bertz CT molecular complexity index is 894. The molecule has 0 radical (unpaired) electrons. The van der Waals surface area contributed by atoms with Gasteiger partial charge in [0.25, 0.3) is 5.91 Å². The second-order valence-corrected chi connectivity index (χ2v) is 5.68. The van der Waals surface area contributed by atoms with Crippen molar-refractivity contribution in [1.82, 2.24) is 5.43 Å². The van der Waals surface area contributed by atoms with E-state index in [1.807, 2.05) is 13.0 Å². The molecule has 0 atom stereocenters. The van der Waals surface area contributed by atoms with Crippen molar-refractivity contribution >= 4 is 29.6 Å². The number of anilines is 1. The fraction of sp³-hybridized carbons (Fsp3) is 0.158. The lowest BCUT2D eigenvalue weighted by Crippen LogP contribution is -2.32. The number of nitrogens with one attached hydrogen (secondary N) is 2. The molecule has 9 nitrogen and oxygen atoms in total. The Kier molecular flexibility index (Phi) is 7.09. The number of hydrogen-bond donors (Lipinski definition) is 3. The highest BCUT2D eigenvalue weighted by Crippen LogP contribution is 2.24. The average Bonchev–Trinajstić information content (AvgIpc) is 2.67. The third-order valence-electron chi connectivity index (χ3n) is 3.45. The highest BCUT2D eigenvalue weighted by Gasteiger charge is 2.15. The second kappa shape index (κ2) is 9.72. The molecule has 9 heteroatoms. The Labute approximate surface area is 161 Å². The molecule has 2 aromatic carbocycles. The number of aryl methyl sites for hydroxylation is 1. The van der Waals surface area contributed by atoms with Crippen LogP contribution in [0.2, 0.25) is 0 Å². The van der Waals surface area contributed by atoms with Gasteiger partial charge in [-0.2, -0.15) is 5.10 Å². The van der Waals surface area contributed by atoms with Gasteiger partial charge in [-0.25, -0.2) is 5.43 Å². The molecule has 0 saturated carbocycles. The number of hydrogen-bond acceptors (Lipinski definition) is 6. The van der Waals surface area contributed by atoms with Gasteiger partial charge in [0, 0.05) is 0 Å². The standard InChI is InChI=1S/C19H20N4O5/c1-12-3-8-16(27-2)15(9-12)22-18(25)19(26)23-21-10-13-4-6-14(7-5-13)28-11-17(20)24/h3-10H,11H2,1-2H3,(H2,20,24)(H,22,25)(H,23,26)/b21-10-. The summed E-state index contributed by atoms with van der Waals surface area (Å²) in [4.78, 5) is 34.5.